The Morgan fingerprint density at radius 1 is 0.735 bits per heavy atom. The lowest BCUT2D eigenvalue weighted by Gasteiger charge is -2.19. The number of hydrogen-bond acceptors (Lipinski definition) is 4. The van der Waals surface area contributed by atoms with Crippen LogP contribution in [0.3, 0.4) is 0 Å². The van der Waals surface area contributed by atoms with Crippen molar-refractivity contribution in [2.45, 2.75) is 19.4 Å². The van der Waals surface area contributed by atoms with Gasteiger partial charge in [-0.1, -0.05) is 91.0 Å². The lowest BCUT2D eigenvalue weighted by molar-refractivity contribution is 0.0915. The molecule has 0 spiro atoms. The highest BCUT2D eigenvalue weighted by atomic mass is 16.5. The maximum atomic E-state index is 13.7. The molecule has 0 aliphatic carbocycles. The first kappa shape index (κ1) is 23.1. The summed E-state index contributed by atoms with van der Waals surface area (Å²) in [7, 11) is 1.53. The molecule has 34 heavy (non-hydrogen) atoms. The van der Waals surface area contributed by atoms with E-state index in [1.165, 1.54) is 13.2 Å². The third kappa shape index (κ3) is 5.84. The second-order valence-corrected chi connectivity index (χ2v) is 8.24. The van der Waals surface area contributed by atoms with Crippen LogP contribution < -0.4 is 9.47 Å². The van der Waals surface area contributed by atoms with E-state index in [-0.39, 0.29) is 23.0 Å². The Morgan fingerprint density at radius 2 is 1.24 bits per heavy atom. The summed E-state index contributed by atoms with van der Waals surface area (Å²) in [5.74, 6) is 0.230. The second kappa shape index (κ2) is 11.2. The molecular formula is C30H28O4. The normalized spacial score (nSPS) is 10.8. The number of ketones is 1. The van der Waals surface area contributed by atoms with Crippen LogP contribution in [0.1, 0.15) is 27.0 Å². The van der Waals surface area contributed by atoms with Crippen molar-refractivity contribution in [3.8, 4) is 17.2 Å². The van der Waals surface area contributed by atoms with E-state index in [0.717, 1.165) is 16.7 Å². The zero-order valence-electron chi connectivity index (χ0n) is 19.2. The van der Waals surface area contributed by atoms with Crippen LogP contribution in [0.15, 0.2) is 103 Å². The largest absolute Gasteiger partial charge is 0.507 e. The van der Waals surface area contributed by atoms with Gasteiger partial charge in [0.25, 0.3) is 0 Å². The Kier molecular flexibility index (Phi) is 7.61. The van der Waals surface area contributed by atoms with E-state index < -0.39 is 0 Å². The van der Waals surface area contributed by atoms with Crippen molar-refractivity contribution in [2.24, 2.45) is 5.92 Å². The number of carbonyl (C=O) groups excluding carboxylic acids is 1. The molecule has 0 bridgehead atoms. The minimum atomic E-state index is -0.337. The first-order valence-corrected chi connectivity index (χ1v) is 11.3. The molecule has 0 amide bonds. The molecule has 0 saturated heterocycles. The number of carbonyl (C=O) groups is 1. The van der Waals surface area contributed by atoms with Crippen LogP contribution >= 0.6 is 0 Å². The monoisotopic (exact) mass is 452 g/mol. The molecule has 4 rings (SSSR count). The number of aromatic hydroxyl groups is 1. The van der Waals surface area contributed by atoms with Crippen molar-refractivity contribution in [1.29, 1.82) is 0 Å². The van der Waals surface area contributed by atoms with E-state index in [2.05, 4.69) is 0 Å². The first-order chi connectivity index (χ1) is 16.6. The minimum absolute atomic E-state index is 0.111. The molecule has 0 saturated carbocycles. The molecule has 172 valence electrons. The van der Waals surface area contributed by atoms with Gasteiger partial charge in [0.1, 0.15) is 12.4 Å². The van der Waals surface area contributed by atoms with E-state index in [9.17, 15) is 9.90 Å². The fourth-order valence-electron chi connectivity index (χ4n) is 4.03. The summed E-state index contributed by atoms with van der Waals surface area (Å²) in [4.78, 5) is 13.7. The highest BCUT2D eigenvalue weighted by Crippen LogP contribution is 2.36. The smallest absolute Gasteiger partial charge is 0.170 e. The quantitative estimate of drug-likeness (QED) is 0.288. The van der Waals surface area contributed by atoms with Crippen LogP contribution in [0.2, 0.25) is 0 Å². The van der Waals surface area contributed by atoms with Crippen LogP contribution in [0.4, 0.5) is 0 Å². The predicted octanol–water partition coefficient (Wildman–Crippen LogP) is 6.26. The SMILES string of the molecule is COc1cc(C(=O)C(Cc2ccccc2)Cc2ccccc2)c(O)cc1OCc1ccccc1. The molecular weight excluding hydrogens is 424 g/mol. The molecule has 4 aromatic rings. The molecule has 0 heterocycles. The third-order valence-electron chi connectivity index (χ3n) is 5.81. The molecule has 0 aromatic heterocycles. The summed E-state index contributed by atoms with van der Waals surface area (Å²) in [6.07, 6.45) is 1.14. The number of hydrogen-bond donors (Lipinski definition) is 1. The Hall–Kier alpha value is -4.05. The summed E-state index contributed by atoms with van der Waals surface area (Å²) in [5.41, 5.74) is 3.38. The van der Waals surface area contributed by atoms with Crippen LogP contribution in [-0.2, 0) is 19.4 Å². The first-order valence-electron chi connectivity index (χ1n) is 11.3. The number of ether oxygens (including phenoxy) is 2. The van der Waals surface area contributed by atoms with Gasteiger partial charge in [-0.3, -0.25) is 4.79 Å². The van der Waals surface area contributed by atoms with E-state index >= 15 is 0 Å². The van der Waals surface area contributed by atoms with Crippen molar-refractivity contribution < 1.29 is 19.4 Å². The van der Waals surface area contributed by atoms with Crippen LogP contribution in [0.5, 0.6) is 17.2 Å². The topological polar surface area (TPSA) is 55.8 Å². The molecule has 0 aliphatic heterocycles. The number of methoxy groups -OCH3 is 1. The lowest BCUT2D eigenvalue weighted by Crippen LogP contribution is -2.20. The van der Waals surface area contributed by atoms with Crippen molar-refractivity contribution in [3.63, 3.8) is 0 Å². The average molecular weight is 453 g/mol. The number of rotatable bonds is 10. The van der Waals surface area contributed by atoms with Crippen molar-refractivity contribution in [2.75, 3.05) is 7.11 Å². The van der Waals surface area contributed by atoms with Gasteiger partial charge < -0.3 is 14.6 Å². The minimum Gasteiger partial charge on any atom is -0.507 e. The molecule has 4 aromatic carbocycles. The Labute approximate surface area is 200 Å². The van der Waals surface area contributed by atoms with Gasteiger partial charge in [-0.05, 0) is 35.6 Å². The molecule has 0 unspecified atom stereocenters. The van der Waals surface area contributed by atoms with Gasteiger partial charge in [0, 0.05) is 12.0 Å². The zero-order valence-corrected chi connectivity index (χ0v) is 19.2. The number of phenols is 1. The standard InChI is InChI=1S/C30H28O4/c1-33-28-19-26(27(31)20-29(28)34-21-24-15-9-4-10-16-24)30(32)25(17-22-11-5-2-6-12-22)18-23-13-7-3-8-14-23/h2-16,19-20,25,31H,17-18,21H2,1H3. The second-order valence-electron chi connectivity index (χ2n) is 8.24. The number of benzene rings is 4. The van der Waals surface area contributed by atoms with E-state index in [4.69, 9.17) is 9.47 Å². The average Bonchev–Trinajstić information content (AvgIpc) is 2.88. The van der Waals surface area contributed by atoms with Gasteiger partial charge in [-0.15, -0.1) is 0 Å². The highest BCUT2D eigenvalue weighted by molar-refractivity contribution is 6.01. The maximum Gasteiger partial charge on any atom is 0.170 e. The Balaban J connectivity index is 1.60. The van der Waals surface area contributed by atoms with Gasteiger partial charge in [0.15, 0.2) is 17.3 Å². The fourth-order valence-corrected chi connectivity index (χ4v) is 4.03. The predicted molar refractivity (Wildman–Crippen MR) is 134 cm³/mol. The number of Topliss-reactive ketones (excluding diaryl/α,β-unsaturated/α-hetero) is 1. The van der Waals surface area contributed by atoms with Crippen molar-refractivity contribution >= 4 is 5.78 Å². The van der Waals surface area contributed by atoms with Crippen LogP contribution in [0.25, 0.3) is 0 Å². The van der Waals surface area contributed by atoms with Crippen LogP contribution in [0, 0.1) is 5.92 Å². The molecule has 1 N–H and O–H groups in total. The summed E-state index contributed by atoms with van der Waals surface area (Å²) in [6, 6.07) is 32.7. The number of phenolic OH excluding ortho intramolecular Hbond substituents is 1. The molecule has 0 atom stereocenters. The van der Waals surface area contributed by atoms with Gasteiger partial charge in [0.2, 0.25) is 0 Å². The Morgan fingerprint density at radius 3 is 1.74 bits per heavy atom. The lowest BCUT2D eigenvalue weighted by atomic mass is 9.86. The molecule has 4 heteroatoms. The van der Waals surface area contributed by atoms with Gasteiger partial charge >= 0.3 is 0 Å². The van der Waals surface area contributed by atoms with E-state index in [1.54, 1.807) is 6.07 Å². The third-order valence-corrected chi connectivity index (χ3v) is 5.81. The summed E-state index contributed by atoms with van der Waals surface area (Å²) in [6.45, 7) is 0.328. The fraction of sp³-hybridized carbons (Fsp3) is 0.167. The van der Waals surface area contributed by atoms with Gasteiger partial charge in [-0.25, -0.2) is 0 Å². The molecule has 0 fully saturated rings. The molecule has 4 nitrogen and oxygen atoms in total. The van der Waals surface area contributed by atoms with E-state index in [1.807, 2.05) is 91.0 Å². The summed E-state index contributed by atoms with van der Waals surface area (Å²) < 4.78 is 11.4. The van der Waals surface area contributed by atoms with Gasteiger partial charge in [-0.2, -0.15) is 0 Å². The summed E-state index contributed by atoms with van der Waals surface area (Å²) >= 11 is 0. The highest BCUT2D eigenvalue weighted by Gasteiger charge is 2.25. The molecule has 0 radical (unpaired) electrons. The van der Waals surface area contributed by atoms with Crippen molar-refractivity contribution in [1.82, 2.24) is 0 Å². The van der Waals surface area contributed by atoms with Crippen molar-refractivity contribution in [3.05, 3.63) is 125 Å². The van der Waals surface area contributed by atoms with Crippen LogP contribution in [-0.4, -0.2) is 18.0 Å². The van der Waals surface area contributed by atoms with Gasteiger partial charge in [0.05, 0.1) is 12.7 Å². The zero-order chi connectivity index (χ0) is 23.8. The molecule has 0 aliphatic rings. The maximum absolute atomic E-state index is 13.7. The summed E-state index contributed by atoms with van der Waals surface area (Å²) in [5, 5.41) is 10.8. The van der Waals surface area contributed by atoms with E-state index in [0.29, 0.717) is 30.9 Å². The Bertz CT molecular complexity index is 1160.